The van der Waals surface area contributed by atoms with E-state index in [1.807, 2.05) is 4.08 Å². The van der Waals surface area contributed by atoms with Crippen LogP contribution in [0, 0.1) is 0 Å². The molecular formula is C4H7I2N. The predicted octanol–water partition coefficient (Wildman–Crippen LogP) is 2.04. The highest BCUT2D eigenvalue weighted by Crippen LogP contribution is 1.99. The van der Waals surface area contributed by atoms with E-state index in [0.717, 1.165) is 6.42 Å². The first-order chi connectivity index (χ1) is 3.27. The molecule has 0 heterocycles. The summed E-state index contributed by atoms with van der Waals surface area (Å²) in [5, 5.41) is 0. The van der Waals surface area contributed by atoms with E-state index >= 15 is 0 Å². The van der Waals surface area contributed by atoms with Gasteiger partial charge in [0, 0.05) is 0 Å². The van der Waals surface area contributed by atoms with E-state index in [0.29, 0.717) is 0 Å². The topological polar surface area (TPSA) is 26.0 Å². The van der Waals surface area contributed by atoms with E-state index in [4.69, 9.17) is 5.73 Å². The maximum atomic E-state index is 5.41. The Kier molecular flexibility index (Phi) is 6.18. The molecule has 7 heavy (non-hydrogen) atoms. The van der Waals surface area contributed by atoms with Crippen LogP contribution >= 0.6 is 45.2 Å². The van der Waals surface area contributed by atoms with Gasteiger partial charge in [0.1, 0.15) is 0 Å². The summed E-state index contributed by atoms with van der Waals surface area (Å²) in [4.78, 5) is 0. The molecule has 0 aromatic rings. The highest BCUT2D eigenvalue weighted by Gasteiger charge is 1.86. The summed E-state index contributed by atoms with van der Waals surface area (Å²) in [6, 6.07) is 0. The predicted molar refractivity (Wildman–Crippen MR) is 49.8 cm³/mol. The van der Waals surface area contributed by atoms with Crippen LogP contribution in [0.5, 0.6) is 0 Å². The van der Waals surface area contributed by atoms with Crippen LogP contribution in [0.15, 0.2) is 10.2 Å². The van der Waals surface area contributed by atoms with Crippen molar-refractivity contribution in [2.45, 2.75) is 10.5 Å². The second-order valence-corrected chi connectivity index (χ2v) is 3.43. The molecule has 0 saturated carbocycles. The number of alkyl halides is 1. The minimum absolute atomic E-state index is 0.281. The third kappa shape index (κ3) is 7.16. The van der Waals surface area contributed by atoms with E-state index in [2.05, 4.69) is 51.3 Å². The lowest BCUT2D eigenvalue weighted by Gasteiger charge is -1.92. The van der Waals surface area contributed by atoms with Crippen molar-refractivity contribution >= 4 is 45.2 Å². The first-order valence-electron chi connectivity index (χ1n) is 1.92. The zero-order valence-electron chi connectivity index (χ0n) is 3.77. The molecule has 0 saturated heterocycles. The van der Waals surface area contributed by atoms with Crippen molar-refractivity contribution in [2.75, 3.05) is 0 Å². The van der Waals surface area contributed by atoms with E-state index in [1.165, 1.54) is 0 Å². The largest absolute Gasteiger partial charge is 0.319 e. The number of halogens is 2. The Hall–Kier alpha value is 1.16. The summed E-state index contributed by atoms with van der Waals surface area (Å²) >= 11 is 4.37. The van der Waals surface area contributed by atoms with Gasteiger partial charge in [-0.1, -0.05) is 51.3 Å². The average molecular weight is 323 g/mol. The van der Waals surface area contributed by atoms with Crippen LogP contribution in [0.1, 0.15) is 6.42 Å². The van der Waals surface area contributed by atoms with E-state index in [-0.39, 0.29) is 4.05 Å². The second kappa shape index (κ2) is 5.30. The molecule has 0 bridgehead atoms. The van der Waals surface area contributed by atoms with Crippen molar-refractivity contribution in [3.8, 4) is 0 Å². The molecule has 1 unspecified atom stereocenters. The number of nitrogens with two attached hydrogens (primary N) is 1. The highest BCUT2D eigenvalue weighted by molar-refractivity contribution is 14.1. The smallest absolute Gasteiger partial charge is 0.0603 e. The third-order valence-electron chi connectivity index (χ3n) is 0.450. The Morgan fingerprint density at radius 3 is 2.43 bits per heavy atom. The van der Waals surface area contributed by atoms with E-state index in [9.17, 15) is 0 Å². The molecule has 0 aliphatic rings. The molecule has 42 valence electrons. The van der Waals surface area contributed by atoms with Crippen molar-refractivity contribution in [1.29, 1.82) is 0 Å². The first-order valence-corrected chi connectivity index (χ1v) is 4.41. The number of rotatable bonds is 2. The molecule has 0 fully saturated rings. The molecule has 3 heteroatoms. The van der Waals surface area contributed by atoms with Gasteiger partial charge in [-0.2, -0.15) is 0 Å². The Balaban J connectivity index is 2.97. The van der Waals surface area contributed by atoms with Gasteiger partial charge in [0.15, 0.2) is 0 Å². The lowest BCUT2D eigenvalue weighted by Crippen LogP contribution is -2.07. The Bertz CT molecular complexity index is 60.7. The zero-order valence-corrected chi connectivity index (χ0v) is 8.09. The van der Waals surface area contributed by atoms with E-state index < -0.39 is 0 Å². The van der Waals surface area contributed by atoms with Crippen molar-refractivity contribution in [3.05, 3.63) is 10.2 Å². The minimum atomic E-state index is 0.281. The standard InChI is InChI=1S/C4H7I2N/c5-3-1-2-4(6)7/h1,3-4H,2,7H2/b3-1-. The van der Waals surface area contributed by atoms with Crippen molar-refractivity contribution in [3.63, 3.8) is 0 Å². The lowest BCUT2D eigenvalue weighted by atomic mass is 10.4. The Labute approximate surface area is 71.0 Å². The number of hydrogen-bond donors (Lipinski definition) is 1. The normalized spacial score (nSPS) is 15.3. The molecule has 0 aromatic carbocycles. The van der Waals surface area contributed by atoms with Crippen LogP contribution in [0.2, 0.25) is 0 Å². The minimum Gasteiger partial charge on any atom is -0.319 e. The average Bonchev–Trinajstić information content (AvgIpc) is 1.61. The quantitative estimate of drug-likeness (QED) is 0.470. The summed E-state index contributed by atoms with van der Waals surface area (Å²) in [5.41, 5.74) is 5.41. The molecule has 0 spiro atoms. The van der Waals surface area contributed by atoms with Crippen LogP contribution in [0.3, 0.4) is 0 Å². The first kappa shape index (κ1) is 8.16. The van der Waals surface area contributed by atoms with Crippen LogP contribution in [-0.4, -0.2) is 4.05 Å². The van der Waals surface area contributed by atoms with Crippen molar-refractivity contribution in [1.82, 2.24) is 0 Å². The van der Waals surface area contributed by atoms with Crippen molar-refractivity contribution < 1.29 is 0 Å². The molecule has 1 atom stereocenters. The van der Waals surface area contributed by atoms with Gasteiger partial charge in [-0.3, -0.25) is 0 Å². The third-order valence-corrected chi connectivity index (χ3v) is 1.47. The molecular weight excluding hydrogens is 316 g/mol. The fourth-order valence-corrected chi connectivity index (χ4v) is 0.769. The van der Waals surface area contributed by atoms with Gasteiger partial charge in [0.05, 0.1) is 4.05 Å². The number of hydrogen-bond acceptors (Lipinski definition) is 1. The van der Waals surface area contributed by atoms with Gasteiger partial charge in [0.2, 0.25) is 0 Å². The molecule has 0 radical (unpaired) electrons. The molecule has 0 aliphatic heterocycles. The fourth-order valence-electron chi connectivity index (χ4n) is 0.181. The highest BCUT2D eigenvalue weighted by atomic mass is 127. The van der Waals surface area contributed by atoms with Crippen LogP contribution in [0.25, 0.3) is 0 Å². The molecule has 0 amide bonds. The Morgan fingerprint density at radius 1 is 1.71 bits per heavy atom. The van der Waals surface area contributed by atoms with Gasteiger partial charge >= 0.3 is 0 Å². The lowest BCUT2D eigenvalue weighted by molar-refractivity contribution is 0.973. The maximum Gasteiger partial charge on any atom is 0.0603 e. The molecule has 0 aliphatic carbocycles. The second-order valence-electron chi connectivity index (χ2n) is 1.11. The van der Waals surface area contributed by atoms with Crippen molar-refractivity contribution in [2.24, 2.45) is 5.73 Å². The van der Waals surface area contributed by atoms with Gasteiger partial charge < -0.3 is 5.73 Å². The van der Waals surface area contributed by atoms with Gasteiger partial charge in [-0.25, -0.2) is 0 Å². The van der Waals surface area contributed by atoms with Gasteiger partial charge in [0.25, 0.3) is 0 Å². The summed E-state index contributed by atoms with van der Waals surface area (Å²) in [7, 11) is 0. The molecule has 0 aromatic heterocycles. The van der Waals surface area contributed by atoms with Crippen LogP contribution in [-0.2, 0) is 0 Å². The monoisotopic (exact) mass is 323 g/mol. The Morgan fingerprint density at radius 2 is 2.29 bits per heavy atom. The SMILES string of the molecule is NC(I)C/C=C\I. The molecule has 0 rings (SSSR count). The summed E-state index contributed by atoms with van der Waals surface area (Å²) in [6.45, 7) is 0. The molecule has 1 nitrogen and oxygen atoms in total. The maximum absolute atomic E-state index is 5.41. The fraction of sp³-hybridized carbons (Fsp3) is 0.500. The van der Waals surface area contributed by atoms with E-state index in [1.54, 1.807) is 0 Å². The van der Waals surface area contributed by atoms with Gasteiger partial charge in [-0.05, 0) is 10.5 Å². The zero-order chi connectivity index (χ0) is 5.70. The summed E-state index contributed by atoms with van der Waals surface area (Å²) < 4.78 is 2.26. The molecule has 2 N–H and O–H groups in total. The summed E-state index contributed by atoms with van der Waals surface area (Å²) in [6.07, 6.45) is 3.03. The van der Waals surface area contributed by atoms with Crippen LogP contribution < -0.4 is 5.73 Å². The van der Waals surface area contributed by atoms with Gasteiger partial charge in [-0.15, -0.1) is 0 Å². The van der Waals surface area contributed by atoms with Crippen LogP contribution in [0.4, 0.5) is 0 Å². The summed E-state index contributed by atoms with van der Waals surface area (Å²) in [5.74, 6) is 0.